The molecule has 0 aliphatic heterocycles. The summed E-state index contributed by atoms with van der Waals surface area (Å²) in [5.74, 6) is 0.349. The van der Waals surface area contributed by atoms with Gasteiger partial charge < -0.3 is 16.4 Å². The predicted octanol–water partition coefficient (Wildman–Crippen LogP) is 1.64. The molecule has 0 aromatic carbocycles. The van der Waals surface area contributed by atoms with Gasteiger partial charge in [0.1, 0.15) is 11.9 Å². The molecule has 0 aliphatic carbocycles. The summed E-state index contributed by atoms with van der Waals surface area (Å²) in [7, 11) is 0. The fraction of sp³-hybridized carbons (Fsp3) is 0.455. The Morgan fingerprint density at radius 3 is 2.65 bits per heavy atom. The lowest BCUT2D eigenvalue weighted by atomic mass is 10.2. The van der Waals surface area contributed by atoms with E-state index in [2.05, 4.69) is 15.6 Å². The molecule has 0 saturated heterocycles. The number of amides is 1. The van der Waals surface area contributed by atoms with Crippen LogP contribution in [-0.4, -0.2) is 23.0 Å². The van der Waals surface area contributed by atoms with E-state index < -0.39 is 6.04 Å². The third-order valence-electron chi connectivity index (χ3n) is 2.04. The summed E-state index contributed by atoms with van der Waals surface area (Å²) in [4.78, 5) is 15.7. The Morgan fingerprint density at radius 2 is 2.12 bits per heavy atom. The van der Waals surface area contributed by atoms with Gasteiger partial charge in [-0.05, 0) is 26.8 Å². The van der Waals surface area contributed by atoms with Crippen molar-refractivity contribution in [1.82, 2.24) is 10.3 Å². The number of carbonyl (C=O) groups excluding carboxylic acids is 1. The quantitative estimate of drug-likeness (QED) is 0.765. The zero-order chi connectivity index (χ0) is 13.0. The first-order valence-corrected chi connectivity index (χ1v) is 5.76. The van der Waals surface area contributed by atoms with Crippen LogP contribution < -0.4 is 16.4 Å². The van der Waals surface area contributed by atoms with Gasteiger partial charge in [0.15, 0.2) is 0 Å². The van der Waals surface area contributed by atoms with Crippen LogP contribution in [0.3, 0.4) is 0 Å². The molecule has 0 saturated carbocycles. The van der Waals surface area contributed by atoms with Gasteiger partial charge in [-0.3, -0.25) is 4.79 Å². The van der Waals surface area contributed by atoms with E-state index in [1.165, 1.54) is 6.20 Å². The Balaban J connectivity index is 2.67. The van der Waals surface area contributed by atoms with Crippen molar-refractivity contribution in [2.75, 3.05) is 11.1 Å². The molecule has 4 N–H and O–H groups in total. The molecule has 94 valence electrons. The minimum atomic E-state index is -0.411. The Bertz CT molecular complexity index is 408. The van der Waals surface area contributed by atoms with Crippen molar-refractivity contribution in [2.24, 2.45) is 0 Å². The normalized spacial score (nSPS) is 12.3. The van der Waals surface area contributed by atoms with Gasteiger partial charge in [0.25, 0.3) is 0 Å². The van der Waals surface area contributed by atoms with Gasteiger partial charge >= 0.3 is 0 Å². The molecule has 1 aromatic rings. The molecule has 0 bridgehead atoms. The second-order valence-corrected chi connectivity index (χ2v) is 4.54. The molecule has 17 heavy (non-hydrogen) atoms. The highest BCUT2D eigenvalue weighted by Gasteiger charge is 2.15. The number of nitrogens with two attached hydrogens (primary N) is 1. The van der Waals surface area contributed by atoms with E-state index in [1.807, 2.05) is 13.8 Å². The SMILES string of the molecule is CC(C)NC(=O)C(C)Nc1ncc(N)cc1Cl. The maximum atomic E-state index is 11.7. The number of halogens is 1. The summed E-state index contributed by atoms with van der Waals surface area (Å²) >= 11 is 5.95. The van der Waals surface area contributed by atoms with Crippen LogP contribution in [0, 0.1) is 0 Å². The van der Waals surface area contributed by atoms with Crippen LogP contribution in [0.4, 0.5) is 11.5 Å². The second kappa shape index (κ2) is 5.72. The van der Waals surface area contributed by atoms with Gasteiger partial charge in [0, 0.05) is 6.04 Å². The molecule has 0 spiro atoms. The highest BCUT2D eigenvalue weighted by atomic mass is 35.5. The van der Waals surface area contributed by atoms with Gasteiger partial charge in [-0.1, -0.05) is 11.6 Å². The molecule has 0 radical (unpaired) electrons. The Morgan fingerprint density at radius 1 is 1.47 bits per heavy atom. The Labute approximate surface area is 106 Å². The summed E-state index contributed by atoms with van der Waals surface area (Å²) in [5, 5.41) is 6.13. The second-order valence-electron chi connectivity index (χ2n) is 4.13. The van der Waals surface area contributed by atoms with Gasteiger partial charge in [-0.25, -0.2) is 4.98 Å². The van der Waals surface area contributed by atoms with Crippen LogP contribution in [0.1, 0.15) is 20.8 Å². The molecule has 1 atom stereocenters. The number of rotatable bonds is 4. The number of nitrogens with zero attached hydrogens (tertiary/aromatic N) is 1. The van der Waals surface area contributed by atoms with Crippen LogP contribution in [0.15, 0.2) is 12.3 Å². The van der Waals surface area contributed by atoms with Crippen molar-refractivity contribution in [3.8, 4) is 0 Å². The molecule has 1 unspecified atom stereocenters. The van der Waals surface area contributed by atoms with Gasteiger partial charge in [-0.15, -0.1) is 0 Å². The zero-order valence-electron chi connectivity index (χ0n) is 10.1. The number of hydrogen-bond acceptors (Lipinski definition) is 4. The molecule has 1 rings (SSSR count). The number of hydrogen-bond donors (Lipinski definition) is 3. The maximum Gasteiger partial charge on any atom is 0.242 e. The summed E-state index contributed by atoms with van der Waals surface area (Å²) in [6, 6.07) is 1.27. The van der Waals surface area contributed by atoms with Gasteiger partial charge in [0.2, 0.25) is 5.91 Å². The van der Waals surface area contributed by atoms with Crippen molar-refractivity contribution in [1.29, 1.82) is 0 Å². The highest BCUT2D eigenvalue weighted by molar-refractivity contribution is 6.33. The molecule has 5 nitrogen and oxygen atoms in total. The van der Waals surface area contributed by atoms with E-state index in [-0.39, 0.29) is 11.9 Å². The smallest absolute Gasteiger partial charge is 0.242 e. The summed E-state index contributed by atoms with van der Waals surface area (Å²) < 4.78 is 0. The van der Waals surface area contributed by atoms with E-state index in [0.717, 1.165) is 0 Å². The fourth-order valence-electron chi connectivity index (χ4n) is 1.24. The highest BCUT2D eigenvalue weighted by Crippen LogP contribution is 2.21. The maximum absolute atomic E-state index is 11.7. The van der Waals surface area contributed by atoms with Crippen molar-refractivity contribution in [3.63, 3.8) is 0 Å². The number of nitrogens with one attached hydrogen (secondary N) is 2. The molecule has 0 fully saturated rings. The molecule has 1 heterocycles. The van der Waals surface area contributed by atoms with Crippen molar-refractivity contribution in [2.45, 2.75) is 32.9 Å². The predicted molar refractivity (Wildman–Crippen MR) is 70.0 cm³/mol. The van der Waals surface area contributed by atoms with Crippen LogP contribution in [-0.2, 0) is 4.79 Å². The van der Waals surface area contributed by atoms with Crippen LogP contribution in [0.25, 0.3) is 0 Å². The number of anilines is 2. The minimum absolute atomic E-state index is 0.0987. The first-order valence-electron chi connectivity index (χ1n) is 5.38. The molecule has 6 heteroatoms. The molecule has 0 aliphatic rings. The summed E-state index contributed by atoms with van der Waals surface area (Å²) in [6.45, 7) is 5.55. The lowest BCUT2D eigenvalue weighted by molar-refractivity contribution is -0.122. The van der Waals surface area contributed by atoms with Crippen molar-refractivity contribution >= 4 is 29.0 Å². The first kappa shape index (κ1) is 13.6. The fourth-order valence-corrected chi connectivity index (χ4v) is 1.47. The molecular weight excluding hydrogens is 240 g/mol. The summed E-state index contributed by atoms with van der Waals surface area (Å²) in [5.41, 5.74) is 6.02. The average Bonchev–Trinajstić information content (AvgIpc) is 2.21. The van der Waals surface area contributed by atoms with E-state index >= 15 is 0 Å². The van der Waals surface area contributed by atoms with E-state index in [1.54, 1.807) is 13.0 Å². The minimum Gasteiger partial charge on any atom is -0.397 e. The average molecular weight is 257 g/mol. The van der Waals surface area contributed by atoms with Crippen LogP contribution >= 0.6 is 11.6 Å². The lowest BCUT2D eigenvalue weighted by Gasteiger charge is -2.17. The van der Waals surface area contributed by atoms with Crippen LogP contribution in [0.2, 0.25) is 5.02 Å². The number of aromatic nitrogens is 1. The van der Waals surface area contributed by atoms with Gasteiger partial charge in [0.05, 0.1) is 16.9 Å². The van der Waals surface area contributed by atoms with Crippen LogP contribution in [0.5, 0.6) is 0 Å². The Kier molecular flexibility index (Phi) is 4.57. The lowest BCUT2D eigenvalue weighted by Crippen LogP contribution is -2.41. The Hall–Kier alpha value is -1.49. The molecule has 1 amide bonds. The van der Waals surface area contributed by atoms with Crippen molar-refractivity contribution < 1.29 is 4.79 Å². The number of pyridine rings is 1. The summed E-state index contributed by atoms with van der Waals surface area (Å²) in [6.07, 6.45) is 1.49. The molecule has 1 aromatic heterocycles. The number of carbonyl (C=O) groups is 1. The van der Waals surface area contributed by atoms with Crippen molar-refractivity contribution in [3.05, 3.63) is 17.3 Å². The third-order valence-corrected chi connectivity index (χ3v) is 2.33. The van der Waals surface area contributed by atoms with E-state index in [9.17, 15) is 4.79 Å². The monoisotopic (exact) mass is 256 g/mol. The standard InChI is InChI=1S/C11H17ClN4O/c1-6(2)15-11(17)7(3)16-10-9(12)4-8(13)5-14-10/h4-7H,13H2,1-3H3,(H,14,16)(H,15,17). The van der Waals surface area contributed by atoms with E-state index in [0.29, 0.717) is 16.5 Å². The number of nitrogen functional groups attached to an aromatic ring is 1. The zero-order valence-corrected chi connectivity index (χ0v) is 10.9. The largest absolute Gasteiger partial charge is 0.397 e. The van der Waals surface area contributed by atoms with Gasteiger partial charge in [-0.2, -0.15) is 0 Å². The third kappa shape index (κ3) is 4.11. The topological polar surface area (TPSA) is 80.0 Å². The van der Waals surface area contributed by atoms with E-state index in [4.69, 9.17) is 17.3 Å². The molecular formula is C11H17ClN4O. The first-order chi connectivity index (χ1) is 7.90.